The summed E-state index contributed by atoms with van der Waals surface area (Å²) < 4.78 is 41.3. The lowest BCUT2D eigenvalue weighted by molar-refractivity contribution is -0.228. The Labute approximate surface area is 267 Å². The molecule has 18 heteroatoms. The van der Waals surface area contributed by atoms with Crippen LogP contribution in [0.25, 0.3) is 10.8 Å². The molecule has 2 fully saturated rings. The van der Waals surface area contributed by atoms with Crippen LogP contribution in [0.3, 0.4) is 0 Å². The second-order valence-electron chi connectivity index (χ2n) is 11.4. The molecule has 2 aliphatic rings. The molecular weight excluding hydrogens is 644 g/mol. The van der Waals surface area contributed by atoms with Crippen molar-refractivity contribution in [2.45, 2.75) is 51.2 Å². The largest absolute Gasteiger partial charge is 0.489 e. The van der Waals surface area contributed by atoms with E-state index in [1.807, 2.05) is 12.1 Å². The van der Waals surface area contributed by atoms with Crippen LogP contribution < -0.4 is 15.8 Å². The third kappa shape index (κ3) is 7.35. The van der Waals surface area contributed by atoms with Crippen molar-refractivity contribution in [3.8, 4) is 5.75 Å². The monoisotopic (exact) mass is 676 g/mol. The average Bonchev–Trinajstić information content (AvgIpc) is 3.40. The molecule has 46 heavy (non-hydrogen) atoms. The van der Waals surface area contributed by atoms with Gasteiger partial charge in [0.2, 0.25) is 0 Å². The maximum Gasteiger partial charge on any atom is 0.418 e. The number of carbonyl (C=O) groups is 3. The first-order valence-corrected chi connectivity index (χ1v) is 16.4. The van der Waals surface area contributed by atoms with E-state index >= 15 is 0 Å². The first-order chi connectivity index (χ1) is 21.7. The summed E-state index contributed by atoms with van der Waals surface area (Å²) in [6.45, 7) is 3.23. The van der Waals surface area contributed by atoms with Crippen molar-refractivity contribution in [1.82, 2.24) is 15.0 Å². The summed E-state index contributed by atoms with van der Waals surface area (Å²) in [5.74, 6) is -2.37. The maximum atomic E-state index is 13.3. The Morgan fingerprint density at radius 1 is 1.28 bits per heavy atom. The number of Topliss-reactive ketones (excluding diaryl/α,β-unsaturated/α-hetero) is 1. The molecule has 16 nitrogen and oxygen atoms in total. The van der Waals surface area contributed by atoms with Crippen LogP contribution >= 0.6 is 11.3 Å². The SMILES string of the molecule is CC1(C)[C@H](CC(=O)/C(=N\O[C@@H](COc2ccc3c(NCC4CCC4)nccc3c2)C(=O)O)c2csc(N)n2)C(=O)N1OS(=O)(=O)O. The van der Waals surface area contributed by atoms with Gasteiger partial charge in [0.25, 0.3) is 12.0 Å². The predicted octanol–water partition coefficient (Wildman–Crippen LogP) is 2.67. The van der Waals surface area contributed by atoms with Crippen LogP contribution in [0.4, 0.5) is 10.9 Å². The second-order valence-corrected chi connectivity index (χ2v) is 13.3. The zero-order valence-corrected chi connectivity index (χ0v) is 26.4. The zero-order valence-electron chi connectivity index (χ0n) is 24.8. The molecule has 0 radical (unpaired) electrons. The highest BCUT2D eigenvalue weighted by Crippen LogP contribution is 2.40. The molecule has 1 aromatic carbocycles. The normalized spacial score (nSPS) is 18.8. The fourth-order valence-electron chi connectivity index (χ4n) is 5.05. The van der Waals surface area contributed by atoms with Gasteiger partial charge in [-0.2, -0.15) is 13.5 Å². The predicted molar refractivity (Wildman–Crippen MR) is 165 cm³/mol. The van der Waals surface area contributed by atoms with E-state index in [0.29, 0.717) is 16.7 Å². The number of carboxylic acids is 1. The molecule has 5 N–H and O–H groups in total. The number of pyridine rings is 1. The number of ether oxygens (including phenoxy) is 1. The molecule has 1 amide bonds. The highest BCUT2D eigenvalue weighted by Gasteiger charge is 2.57. The number of carboxylic acid groups (broad SMARTS) is 1. The highest BCUT2D eigenvalue weighted by molar-refractivity contribution is 7.80. The van der Waals surface area contributed by atoms with Gasteiger partial charge in [0, 0.05) is 29.9 Å². The van der Waals surface area contributed by atoms with Crippen LogP contribution in [0.5, 0.6) is 5.75 Å². The number of oxime groups is 1. The number of amides is 1. The molecule has 1 saturated carbocycles. The fraction of sp³-hybridized carbons (Fsp3) is 0.429. The topological polar surface area (TPSA) is 233 Å². The lowest BCUT2D eigenvalue weighted by atomic mass is 9.74. The first-order valence-electron chi connectivity index (χ1n) is 14.2. The van der Waals surface area contributed by atoms with Crippen molar-refractivity contribution in [3.63, 3.8) is 0 Å². The highest BCUT2D eigenvalue weighted by atomic mass is 32.3. The first kappa shape index (κ1) is 33.0. The van der Waals surface area contributed by atoms with Gasteiger partial charge in [-0.25, -0.2) is 14.8 Å². The number of aliphatic carboxylic acids is 1. The molecular formula is C28H32N6O10S2. The summed E-state index contributed by atoms with van der Waals surface area (Å²) in [6, 6.07) is 7.06. The Hall–Kier alpha value is -4.39. The Balaban J connectivity index is 1.27. The summed E-state index contributed by atoms with van der Waals surface area (Å²) in [7, 11) is -4.99. The minimum atomic E-state index is -4.99. The zero-order chi connectivity index (χ0) is 33.2. The Bertz CT molecular complexity index is 1790. The molecule has 2 aromatic heterocycles. The molecule has 0 bridgehead atoms. The minimum Gasteiger partial charge on any atom is -0.489 e. The van der Waals surface area contributed by atoms with Crippen LogP contribution in [0.2, 0.25) is 0 Å². The van der Waals surface area contributed by atoms with Gasteiger partial charge in [0.1, 0.15) is 23.9 Å². The van der Waals surface area contributed by atoms with E-state index in [2.05, 4.69) is 24.7 Å². The van der Waals surface area contributed by atoms with Gasteiger partial charge in [-0.3, -0.25) is 14.1 Å². The number of nitrogen functional groups attached to an aromatic ring is 1. The van der Waals surface area contributed by atoms with Gasteiger partial charge in [-0.15, -0.1) is 15.6 Å². The Morgan fingerprint density at radius 3 is 2.65 bits per heavy atom. The summed E-state index contributed by atoms with van der Waals surface area (Å²) in [4.78, 5) is 51.7. The molecule has 246 valence electrons. The number of β-lactam (4-membered cyclic amide) rings is 1. The molecule has 3 heterocycles. The quantitative estimate of drug-likeness (QED) is 0.0785. The van der Waals surface area contributed by atoms with E-state index in [0.717, 1.165) is 34.5 Å². The smallest absolute Gasteiger partial charge is 0.418 e. The molecule has 0 spiro atoms. The molecule has 0 unspecified atom stereocenters. The standard InChI is InChI=1S/C28H32N6O10S2/c1-28(2)19(25(36)34(28)44-46(39,40)41)11-21(35)23(20-14-45-27(29)32-20)33-43-22(26(37)38)13-42-17-6-7-18-16(10-17)8-9-30-24(18)31-12-15-4-3-5-15/h6-10,14-15,19,22H,3-5,11-13H2,1-2H3,(H2,29,32)(H,30,31)(H,37,38)(H,39,40,41)/b33-23-/t19-,22+/m1/s1. The number of nitrogens with zero attached hydrogens (tertiary/aromatic N) is 4. The van der Waals surface area contributed by atoms with E-state index in [1.54, 1.807) is 18.3 Å². The van der Waals surface area contributed by atoms with Gasteiger partial charge >= 0.3 is 16.4 Å². The van der Waals surface area contributed by atoms with Crippen LogP contribution in [0, 0.1) is 11.8 Å². The van der Waals surface area contributed by atoms with Gasteiger partial charge in [-0.05, 0) is 62.3 Å². The third-order valence-electron chi connectivity index (χ3n) is 7.93. The number of ketones is 1. The van der Waals surface area contributed by atoms with Gasteiger partial charge in [0.05, 0.1) is 11.5 Å². The number of aromatic nitrogens is 2. The van der Waals surface area contributed by atoms with E-state index in [4.69, 9.17) is 19.9 Å². The van der Waals surface area contributed by atoms with Crippen molar-refractivity contribution >= 4 is 66.8 Å². The van der Waals surface area contributed by atoms with Gasteiger partial charge in [-0.1, -0.05) is 11.6 Å². The van der Waals surface area contributed by atoms with E-state index in [9.17, 15) is 27.9 Å². The van der Waals surface area contributed by atoms with Gasteiger partial charge < -0.3 is 25.7 Å². The Morgan fingerprint density at radius 2 is 2.04 bits per heavy atom. The number of benzene rings is 1. The van der Waals surface area contributed by atoms with Crippen molar-refractivity contribution in [3.05, 3.63) is 41.5 Å². The molecule has 1 aliphatic heterocycles. The Kier molecular flexibility index (Phi) is 9.43. The average molecular weight is 677 g/mol. The molecule has 3 aromatic rings. The number of anilines is 2. The van der Waals surface area contributed by atoms with Crippen molar-refractivity contribution < 1.29 is 46.3 Å². The molecule has 1 saturated heterocycles. The molecule has 1 aliphatic carbocycles. The van der Waals surface area contributed by atoms with Gasteiger partial charge in [0.15, 0.2) is 16.6 Å². The summed E-state index contributed by atoms with van der Waals surface area (Å²) in [6.07, 6.45) is 3.18. The molecule has 5 rings (SSSR count). The van der Waals surface area contributed by atoms with Crippen molar-refractivity contribution in [1.29, 1.82) is 0 Å². The lowest BCUT2D eigenvalue weighted by Gasteiger charge is -2.50. The summed E-state index contributed by atoms with van der Waals surface area (Å²) in [5, 5.41) is 20.6. The number of rotatable bonds is 15. The molecule has 2 atom stereocenters. The third-order valence-corrected chi connectivity index (χ3v) is 8.94. The fourth-order valence-corrected chi connectivity index (χ4v) is 6.05. The number of fused-ring (bicyclic) bond motifs is 1. The van der Waals surface area contributed by atoms with E-state index in [-0.39, 0.29) is 10.8 Å². The van der Waals surface area contributed by atoms with Crippen molar-refractivity contribution in [2.75, 3.05) is 24.2 Å². The number of hydrogen-bond donors (Lipinski definition) is 4. The van der Waals surface area contributed by atoms with E-state index in [1.165, 1.54) is 38.5 Å². The number of nitrogens with one attached hydrogen (secondary N) is 1. The number of hydrogen-bond acceptors (Lipinski definition) is 14. The lowest BCUT2D eigenvalue weighted by Crippen LogP contribution is -2.68. The summed E-state index contributed by atoms with van der Waals surface area (Å²) in [5.41, 5.74) is 3.99. The summed E-state index contributed by atoms with van der Waals surface area (Å²) >= 11 is 0.993. The van der Waals surface area contributed by atoms with Crippen LogP contribution in [-0.4, -0.2) is 81.3 Å². The second kappa shape index (κ2) is 13.1. The van der Waals surface area contributed by atoms with Crippen LogP contribution in [0.1, 0.15) is 45.2 Å². The van der Waals surface area contributed by atoms with E-state index < -0.39 is 64.4 Å². The number of thiazole rings is 1. The van der Waals surface area contributed by atoms with Crippen molar-refractivity contribution in [2.24, 2.45) is 17.0 Å². The van der Waals surface area contributed by atoms with Crippen LogP contribution in [0.15, 0.2) is 41.0 Å². The number of carbonyl (C=O) groups excluding carboxylic acids is 2. The van der Waals surface area contributed by atoms with Crippen LogP contribution in [-0.2, 0) is 33.9 Å². The maximum absolute atomic E-state index is 13.3. The number of nitrogens with two attached hydrogens (primary N) is 1. The number of hydroxylamine groups is 2. The minimum absolute atomic E-state index is 0.0157.